The van der Waals surface area contributed by atoms with Crippen LogP contribution >= 0.6 is 0 Å². The summed E-state index contributed by atoms with van der Waals surface area (Å²) in [6, 6.07) is 0. The van der Waals surface area contributed by atoms with Gasteiger partial charge in [-0.15, -0.1) is 0 Å². The van der Waals surface area contributed by atoms with Gasteiger partial charge in [0.2, 0.25) is 0 Å². The second-order valence-electron chi connectivity index (χ2n) is 6.02. The van der Waals surface area contributed by atoms with Crippen LogP contribution in [0.3, 0.4) is 0 Å². The number of rotatable bonds is 1. The van der Waals surface area contributed by atoms with Gasteiger partial charge in [0.1, 0.15) is 0 Å². The van der Waals surface area contributed by atoms with E-state index in [9.17, 15) is 5.11 Å². The molecule has 0 aromatic carbocycles. The highest BCUT2D eigenvalue weighted by Gasteiger charge is 2.50. The quantitative estimate of drug-likeness (QED) is 0.668. The van der Waals surface area contributed by atoms with Crippen molar-refractivity contribution in [1.82, 2.24) is 0 Å². The van der Waals surface area contributed by atoms with Crippen LogP contribution in [0.5, 0.6) is 0 Å². The highest BCUT2D eigenvalue weighted by Crippen LogP contribution is 2.56. The summed E-state index contributed by atoms with van der Waals surface area (Å²) in [6.07, 6.45) is 8.23. The molecule has 1 heteroatoms. The summed E-state index contributed by atoms with van der Waals surface area (Å²) in [5.74, 6) is 1.34. The maximum Gasteiger partial charge on any atom is 0.0487 e. The van der Waals surface area contributed by atoms with Gasteiger partial charge in [0.25, 0.3) is 0 Å². The smallest absolute Gasteiger partial charge is 0.0487 e. The van der Waals surface area contributed by atoms with Crippen molar-refractivity contribution in [2.45, 2.75) is 46.0 Å². The SMILES string of the molecule is C=C1CC/C=C(/C)CCC2C1CC2(C)CO. The summed E-state index contributed by atoms with van der Waals surface area (Å²) < 4.78 is 0. The van der Waals surface area contributed by atoms with Crippen LogP contribution in [0.4, 0.5) is 0 Å². The van der Waals surface area contributed by atoms with Crippen LogP contribution < -0.4 is 0 Å². The largest absolute Gasteiger partial charge is 0.396 e. The van der Waals surface area contributed by atoms with Crippen molar-refractivity contribution < 1.29 is 5.11 Å². The Bertz CT molecular complexity index is 315. The Morgan fingerprint density at radius 3 is 2.94 bits per heavy atom. The normalized spacial score (nSPS) is 43.2. The molecule has 0 aromatic heterocycles. The summed E-state index contributed by atoms with van der Waals surface area (Å²) in [4.78, 5) is 0. The average molecular weight is 220 g/mol. The second kappa shape index (κ2) is 4.37. The predicted molar refractivity (Wildman–Crippen MR) is 68.2 cm³/mol. The first-order valence-corrected chi connectivity index (χ1v) is 6.51. The Kier molecular flexibility index (Phi) is 3.25. The van der Waals surface area contributed by atoms with E-state index >= 15 is 0 Å². The minimum Gasteiger partial charge on any atom is -0.396 e. The summed E-state index contributed by atoms with van der Waals surface area (Å²) >= 11 is 0. The first-order valence-electron chi connectivity index (χ1n) is 6.51. The highest BCUT2D eigenvalue weighted by atomic mass is 16.3. The van der Waals surface area contributed by atoms with Gasteiger partial charge in [-0.3, -0.25) is 0 Å². The van der Waals surface area contributed by atoms with E-state index < -0.39 is 0 Å². The fraction of sp³-hybridized carbons (Fsp3) is 0.733. The Hall–Kier alpha value is -0.560. The van der Waals surface area contributed by atoms with E-state index in [0.29, 0.717) is 18.4 Å². The molecule has 1 N–H and O–H groups in total. The molecule has 0 radical (unpaired) electrons. The average Bonchev–Trinajstić information content (AvgIpc) is 2.29. The van der Waals surface area contributed by atoms with E-state index in [4.69, 9.17) is 0 Å². The Balaban J connectivity index is 2.13. The van der Waals surface area contributed by atoms with Crippen molar-refractivity contribution in [3.8, 4) is 0 Å². The molecule has 2 aliphatic carbocycles. The lowest BCUT2D eigenvalue weighted by atomic mass is 9.51. The molecule has 16 heavy (non-hydrogen) atoms. The molecule has 0 amide bonds. The standard InChI is InChI=1S/C15H24O/c1-11-5-4-6-12(2)13-9-15(3,10-16)14(13)8-7-11/h5,13-14,16H,2,4,6-10H2,1,3H3/b11-5-. The Morgan fingerprint density at radius 2 is 2.25 bits per heavy atom. The molecule has 3 atom stereocenters. The summed E-state index contributed by atoms with van der Waals surface area (Å²) in [6.45, 7) is 9.06. The van der Waals surface area contributed by atoms with Gasteiger partial charge in [-0.1, -0.05) is 30.7 Å². The van der Waals surface area contributed by atoms with E-state index in [1.54, 1.807) is 0 Å². The van der Waals surface area contributed by atoms with Gasteiger partial charge < -0.3 is 5.11 Å². The number of hydrogen-bond donors (Lipinski definition) is 1. The van der Waals surface area contributed by atoms with Gasteiger partial charge in [0.05, 0.1) is 0 Å². The molecule has 2 rings (SSSR count). The molecular formula is C15H24O. The first-order chi connectivity index (χ1) is 7.57. The summed E-state index contributed by atoms with van der Waals surface area (Å²) in [5, 5.41) is 9.52. The molecular weight excluding hydrogens is 196 g/mol. The molecule has 0 spiro atoms. The minimum atomic E-state index is 0.165. The zero-order chi connectivity index (χ0) is 11.8. The molecule has 3 unspecified atom stereocenters. The molecule has 0 saturated heterocycles. The van der Waals surface area contributed by atoms with Crippen LogP contribution in [-0.4, -0.2) is 11.7 Å². The van der Waals surface area contributed by atoms with Crippen LogP contribution in [0.25, 0.3) is 0 Å². The van der Waals surface area contributed by atoms with Crippen LogP contribution in [0.2, 0.25) is 0 Å². The molecule has 1 fully saturated rings. The Morgan fingerprint density at radius 1 is 1.50 bits per heavy atom. The van der Waals surface area contributed by atoms with Gasteiger partial charge in [-0.2, -0.15) is 0 Å². The van der Waals surface area contributed by atoms with Crippen molar-refractivity contribution in [2.24, 2.45) is 17.3 Å². The second-order valence-corrected chi connectivity index (χ2v) is 6.02. The number of aliphatic hydroxyl groups excluding tert-OH is 1. The topological polar surface area (TPSA) is 20.2 Å². The van der Waals surface area contributed by atoms with E-state index in [1.807, 2.05) is 0 Å². The van der Waals surface area contributed by atoms with Gasteiger partial charge in [-0.05, 0) is 56.3 Å². The van der Waals surface area contributed by atoms with E-state index in [1.165, 1.54) is 24.0 Å². The molecule has 0 heterocycles. The lowest BCUT2D eigenvalue weighted by Crippen LogP contribution is -2.48. The fourth-order valence-electron chi connectivity index (χ4n) is 3.46. The third-order valence-corrected chi connectivity index (χ3v) is 4.76. The zero-order valence-electron chi connectivity index (χ0n) is 10.6. The molecule has 2 aliphatic rings. The fourth-order valence-corrected chi connectivity index (χ4v) is 3.46. The van der Waals surface area contributed by atoms with Crippen molar-refractivity contribution in [2.75, 3.05) is 6.61 Å². The molecule has 0 aromatic rings. The molecule has 0 bridgehead atoms. The van der Waals surface area contributed by atoms with Crippen LogP contribution in [0, 0.1) is 17.3 Å². The van der Waals surface area contributed by atoms with Gasteiger partial charge >= 0.3 is 0 Å². The van der Waals surface area contributed by atoms with Crippen LogP contribution in [-0.2, 0) is 0 Å². The Labute approximate surface area is 99.3 Å². The van der Waals surface area contributed by atoms with E-state index in [-0.39, 0.29) is 5.41 Å². The first kappa shape index (κ1) is 11.9. The minimum absolute atomic E-state index is 0.165. The van der Waals surface area contributed by atoms with Gasteiger partial charge in [-0.25, -0.2) is 0 Å². The molecule has 90 valence electrons. The molecule has 0 aliphatic heterocycles. The third-order valence-electron chi connectivity index (χ3n) is 4.76. The third kappa shape index (κ3) is 1.98. The lowest BCUT2D eigenvalue weighted by molar-refractivity contribution is -0.0568. The van der Waals surface area contributed by atoms with Crippen molar-refractivity contribution in [3.05, 3.63) is 23.8 Å². The maximum absolute atomic E-state index is 9.52. The highest BCUT2D eigenvalue weighted by molar-refractivity contribution is 5.17. The van der Waals surface area contributed by atoms with E-state index in [2.05, 4.69) is 26.5 Å². The molecule has 1 nitrogen and oxygen atoms in total. The number of aliphatic hydroxyl groups is 1. The van der Waals surface area contributed by atoms with Gasteiger partial charge in [0.15, 0.2) is 0 Å². The van der Waals surface area contributed by atoms with Gasteiger partial charge in [0, 0.05) is 6.61 Å². The number of allylic oxidation sites excluding steroid dienone is 3. The van der Waals surface area contributed by atoms with Crippen LogP contribution in [0.15, 0.2) is 23.8 Å². The number of fused-ring (bicyclic) bond motifs is 1. The summed E-state index contributed by atoms with van der Waals surface area (Å²) in [7, 11) is 0. The maximum atomic E-state index is 9.52. The summed E-state index contributed by atoms with van der Waals surface area (Å²) in [5.41, 5.74) is 3.10. The van der Waals surface area contributed by atoms with Crippen LogP contribution in [0.1, 0.15) is 46.0 Å². The van der Waals surface area contributed by atoms with Crippen molar-refractivity contribution in [3.63, 3.8) is 0 Å². The number of hydrogen-bond acceptors (Lipinski definition) is 1. The predicted octanol–water partition coefficient (Wildman–Crippen LogP) is 3.70. The van der Waals surface area contributed by atoms with Crippen molar-refractivity contribution >= 4 is 0 Å². The lowest BCUT2D eigenvalue weighted by Gasteiger charge is -2.54. The van der Waals surface area contributed by atoms with Crippen molar-refractivity contribution in [1.29, 1.82) is 0 Å². The van der Waals surface area contributed by atoms with E-state index in [0.717, 1.165) is 19.3 Å². The molecule has 1 saturated carbocycles. The monoisotopic (exact) mass is 220 g/mol. The zero-order valence-corrected chi connectivity index (χ0v) is 10.6.